The summed E-state index contributed by atoms with van der Waals surface area (Å²) in [5.41, 5.74) is 5.69. The van der Waals surface area contributed by atoms with Crippen molar-refractivity contribution in [3.63, 3.8) is 0 Å². The maximum atomic E-state index is 10.8. The molecule has 0 radical (unpaired) electrons. The first-order chi connectivity index (χ1) is 12.8. The summed E-state index contributed by atoms with van der Waals surface area (Å²) in [6, 6.07) is 6.58. The molecule has 1 aliphatic heterocycles. The van der Waals surface area contributed by atoms with Gasteiger partial charge in [-0.3, -0.25) is 9.88 Å². The predicted octanol–water partition coefficient (Wildman–Crippen LogP) is 3.70. The SMILES string of the molecule is C[Si](C)(C)C#Cc1cncc2ccc(CN3CCC(NC(=O)O)CC3)cc12. The van der Waals surface area contributed by atoms with E-state index in [1.807, 2.05) is 12.4 Å². The third-order valence-electron chi connectivity index (χ3n) is 4.72. The topological polar surface area (TPSA) is 65.5 Å². The average Bonchev–Trinajstić information content (AvgIpc) is 2.60. The summed E-state index contributed by atoms with van der Waals surface area (Å²) in [5.74, 6) is 3.35. The van der Waals surface area contributed by atoms with Gasteiger partial charge >= 0.3 is 6.09 Å². The van der Waals surface area contributed by atoms with E-state index in [1.54, 1.807) is 0 Å². The monoisotopic (exact) mass is 381 g/mol. The Balaban J connectivity index is 1.74. The third-order valence-corrected chi connectivity index (χ3v) is 5.59. The van der Waals surface area contributed by atoms with Crippen molar-refractivity contribution in [2.24, 2.45) is 0 Å². The molecule has 0 unspecified atom stereocenters. The molecule has 0 spiro atoms. The number of hydrogen-bond acceptors (Lipinski definition) is 3. The van der Waals surface area contributed by atoms with Gasteiger partial charge in [-0.25, -0.2) is 4.79 Å². The first-order valence-corrected chi connectivity index (χ1v) is 12.9. The van der Waals surface area contributed by atoms with Crippen LogP contribution in [0.4, 0.5) is 4.79 Å². The molecular formula is C21H27N3O2Si. The second-order valence-electron chi connectivity index (χ2n) is 8.24. The van der Waals surface area contributed by atoms with E-state index in [1.165, 1.54) is 5.56 Å². The molecule has 1 amide bonds. The normalized spacial score (nSPS) is 16.0. The first-order valence-electron chi connectivity index (χ1n) is 9.42. The number of nitrogens with one attached hydrogen (secondary N) is 1. The molecule has 27 heavy (non-hydrogen) atoms. The molecule has 1 aromatic heterocycles. The Morgan fingerprint density at radius 3 is 2.70 bits per heavy atom. The van der Waals surface area contributed by atoms with Gasteiger partial charge in [0.15, 0.2) is 0 Å². The second kappa shape index (κ2) is 8.11. The minimum absolute atomic E-state index is 0.0740. The third kappa shape index (κ3) is 5.55. The molecule has 0 aliphatic carbocycles. The van der Waals surface area contributed by atoms with E-state index in [0.29, 0.717) is 0 Å². The van der Waals surface area contributed by atoms with Crippen LogP contribution in [0.3, 0.4) is 0 Å². The van der Waals surface area contributed by atoms with Gasteiger partial charge in [-0.15, -0.1) is 5.54 Å². The van der Waals surface area contributed by atoms with Gasteiger partial charge in [0.25, 0.3) is 0 Å². The lowest BCUT2D eigenvalue weighted by atomic mass is 10.0. The zero-order valence-electron chi connectivity index (χ0n) is 16.2. The van der Waals surface area contributed by atoms with Gasteiger partial charge in [0, 0.05) is 48.8 Å². The van der Waals surface area contributed by atoms with Crippen molar-refractivity contribution in [2.45, 2.75) is 45.1 Å². The second-order valence-corrected chi connectivity index (χ2v) is 13.0. The molecule has 1 aliphatic rings. The summed E-state index contributed by atoms with van der Waals surface area (Å²) >= 11 is 0. The summed E-state index contributed by atoms with van der Waals surface area (Å²) < 4.78 is 0. The minimum atomic E-state index is -1.44. The van der Waals surface area contributed by atoms with Gasteiger partial charge in [0.1, 0.15) is 8.07 Å². The number of benzene rings is 1. The maximum absolute atomic E-state index is 10.8. The Kier molecular flexibility index (Phi) is 5.83. The van der Waals surface area contributed by atoms with Gasteiger partial charge < -0.3 is 10.4 Å². The van der Waals surface area contributed by atoms with Crippen LogP contribution in [0.2, 0.25) is 19.6 Å². The highest BCUT2D eigenvalue weighted by Gasteiger charge is 2.20. The molecule has 0 bridgehead atoms. The summed E-state index contributed by atoms with van der Waals surface area (Å²) in [7, 11) is -1.44. The lowest BCUT2D eigenvalue weighted by molar-refractivity contribution is 0.165. The molecule has 0 atom stereocenters. The number of piperidine rings is 1. The van der Waals surface area contributed by atoms with Crippen LogP contribution in [0.15, 0.2) is 30.6 Å². The number of likely N-dealkylation sites (tertiary alicyclic amines) is 1. The number of hydrogen-bond donors (Lipinski definition) is 2. The summed E-state index contributed by atoms with van der Waals surface area (Å²) in [4.78, 5) is 17.5. The highest BCUT2D eigenvalue weighted by atomic mass is 28.3. The number of nitrogens with zero attached hydrogens (tertiary/aromatic N) is 2. The largest absolute Gasteiger partial charge is 0.465 e. The van der Waals surface area contributed by atoms with Gasteiger partial charge in [-0.2, -0.15) is 0 Å². The van der Waals surface area contributed by atoms with E-state index in [9.17, 15) is 4.79 Å². The van der Waals surface area contributed by atoms with Gasteiger partial charge in [-0.1, -0.05) is 37.7 Å². The fraction of sp³-hybridized carbons (Fsp3) is 0.429. The van der Waals surface area contributed by atoms with E-state index >= 15 is 0 Å². The number of amides is 1. The molecule has 2 N–H and O–H groups in total. The summed E-state index contributed by atoms with van der Waals surface area (Å²) in [5, 5.41) is 13.7. The molecule has 5 nitrogen and oxygen atoms in total. The highest BCUT2D eigenvalue weighted by molar-refractivity contribution is 6.83. The number of carboxylic acid groups (broad SMARTS) is 1. The first kappa shape index (κ1) is 19.4. The van der Waals surface area contributed by atoms with E-state index in [0.717, 1.165) is 48.8 Å². The van der Waals surface area contributed by atoms with E-state index in [-0.39, 0.29) is 6.04 Å². The average molecular weight is 382 g/mol. The molecule has 0 saturated carbocycles. The van der Waals surface area contributed by atoms with Crippen LogP contribution >= 0.6 is 0 Å². The van der Waals surface area contributed by atoms with E-state index < -0.39 is 14.2 Å². The van der Waals surface area contributed by atoms with Crippen LogP contribution in [-0.4, -0.2) is 48.3 Å². The fourth-order valence-corrected chi connectivity index (χ4v) is 3.84. The van der Waals surface area contributed by atoms with Gasteiger partial charge in [0.2, 0.25) is 0 Å². The zero-order valence-corrected chi connectivity index (χ0v) is 17.2. The molecule has 142 valence electrons. The molecule has 1 saturated heterocycles. The summed E-state index contributed by atoms with van der Waals surface area (Å²) in [6.07, 6.45) is 4.54. The number of fused-ring (bicyclic) bond motifs is 1. The van der Waals surface area contributed by atoms with Crippen LogP contribution in [0.5, 0.6) is 0 Å². The van der Waals surface area contributed by atoms with Crippen molar-refractivity contribution in [1.29, 1.82) is 0 Å². The lowest BCUT2D eigenvalue weighted by Crippen LogP contribution is -2.43. The Morgan fingerprint density at radius 2 is 2.04 bits per heavy atom. The smallest absolute Gasteiger partial charge is 0.404 e. The quantitative estimate of drug-likeness (QED) is 0.628. The zero-order chi connectivity index (χ0) is 19.4. The number of carbonyl (C=O) groups is 1. The van der Waals surface area contributed by atoms with Crippen molar-refractivity contribution < 1.29 is 9.90 Å². The van der Waals surface area contributed by atoms with Crippen molar-refractivity contribution in [1.82, 2.24) is 15.2 Å². The van der Waals surface area contributed by atoms with Crippen LogP contribution in [0.1, 0.15) is 24.0 Å². The van der Waals surface area contributed by atoms with Crippen molar-refractivity contribution >= 4 is 24.9 Å². The van der Waals surface area contributed by atoms with Crippen molar-refractivity contribution in [2.75, 3.05) is 13.1 Å². The van der Waals surface area contributed by atoms with Gasteiger partial charge in [-0.05, 0) is 24.5 Å². The molecular weight excluding hydrogens is 354 g/mol. The van der Waals surface area contributed by atoms with Crippen molar-refractivity contribution in [3.05, 3.63) is 41.7 Å². The molecule has 2 aromatic rings. The predicted molar refractivity (Wildman–Crippen MR) is 111 cm³/mol. The minimum Gasteiger partial charge on any atom is -0.465 e. The molecule has 6 heteroatoms. The van der Waals surface area contributed by atoms with Crippen LogP contribution in [0, 0.1) is 11.5 Å². The van der Waals surface area contributed by atoms with E-state index in [2.05, 4.69) is 64.5 Å². The lowest BCUT2D eigenvalue weighted by Gasteiger charge is -2.31. The van der Waals surface area contributed by atoms with E-state index in [4.69, 9.17) is 5.11 Å². The molecule has 1 fully saturated rings. The number of aromatic nitrogens is 1. The summed E-state index contributed by atoms with van der Waals surface area (Å²) in [6.45, 7) is 9.41. The van der Waals surface area contributed by atoms with Crippen LogP contribution < -0.4 is 5.32 Å². The van der Waals surface area contributed by atoms with Crippen molar-refractivity contribution in [3.8, 4) is 11.5 Å². The Morgan fingerprint density at radius 1 is 1.30 bits per heavy atom. The van der Waals surface area contributed by atoms with Gasteiger partial charge in [0.05, 0.1) is 5.56 Å². The van der Waals surface area contributed by atoms with Crippen LogP contribution in [0.25, 0.3) is 10.8 Å². The fourth-order valence-electron chi connectivity index (χ4n) is 3.33. The number of rotatable bonds is 3. The molecule has 1 aromatic carbocycles. The molecule has 3 rings (SSSR count). The van der Waals surface area contributed by atoms with Crippen LogP contribution in [-0.2, 0) is 6.54 Å². The highest BCUT2D eigenvalue weighted by Crippen LogP contribution is 2.21. The number of pyridine rings is 1. The Hall–Kier alpha value is -2.36. The standard InChI is InChI=1S/C21H27N3O2Si/c1-27(2,3)11-8-18-14-22-13-17-5-4-16(12-20(17)18)15-24-9-6-19(7-10-24)23-21(25)26/h4-5,12-14,19,23H,6-7,9-10,15H2,1-3H3,(H,25,26). The maximum Gasteiger partial charge on any atom is 0.404 e. The molecule has 2 heterocycles. The Labute approximate surface area is 161 Å². The Bertz CT molecular complexity index is 888.